The van der Waals surface area contributed by atoms with Crippen molar-refractivity contribution in [1.82, 2.24) is 10.2 Å². The van der Waals surface area contributed by atoms with E-state index in [1.54, 1.807) is 6.26 Å². The van der Waals surface area contributed by atoms with E-state index in [0.717, 1.165) is 25.3 Å². The Hall–Kier alpha value is 0.0700. The van der Waals surface area contributed by atoms with E-state index in [4.69, 9.17) is 0 Å². The Bertz CT molecular complexity index is 235. The highest BCUT2D eigenvalue weighted by molar-refractivity contribution is 7.84. The molecule has 0 aromatic rings. The molecule has 0 aliphatic carbocycles. The van der Waals surface area contributed by atoms with E-state index in [1.165, 1.54) is 25.8 Å². The van der Waals surface area contributed by atoms with Crippen molar-refractivity contribution in [3.63, 3.8) is 0 Å². The number of nitrogens with one attached hydrogen (secondary N) is 1. The molecule has 1 heterocycles. The van der Waals surface area contributed by atoms with Gasteiger partial charge >= 0.3 is 0 Å². The Morgan fingerprint density at radius 3 is 2.76 bits per heavy atom. The summed E-state index contributed by atoms with van der Waals surface area (Å²) in [5.41, 5.74) is 0. The average molecular weight is 260 g/mol. The van der Waals surface area contributed by atoms with E-state index in [2.05, 4.69) is 24.1 Å². The second-order valence-corrected chi connectivity index (χ2v) is 6.64. The molecule has 0 bridgehead atoms. The van der Waals surface area contributed by atoms with Crippen molar-refractivity contribution in [2.24, 2.45) is 0 Å². The van der Waals surface area contributed by atoms with Crippen LogP contribution in [0.15, 0.2) is 0 Å². The lowest BCUT2D eigenvalue weighted by Gasteiger charge is -2.40. The van der Waals surface area contributed by atoms with Crippen molar-refractivity contribution in [1.29, 1.82) is 0 Å². The largest absolute Gasteiger partial charge is 0.311 e. The fraction of sp³-hybridized carbons (Fsp3) is 1.00. The molecule has 102 valence electrons. The van der Waals surface area contributed by atoms with Crippen LogP contribution < -0.4 is 5.32 Å². The first-order valence-electron chi connectivity index (χ1n) is 6.94. The zero-order valence-electron chi connectivity index (χ0n) is 11.6. The summed E-state index contributed by atoms with van der Waals surface area (Å²) in [6, 6.07) is 1.34. The topological polar surface area (TPSA) is 32.3 Å². The molecule has 0 spiro atoms. The van der Waals surface area contributed by atoms with E-state index in [0.29, 0.717) is 12.1 Å². The van der Waals surface area contributed by atoms with E-state index in [9.17, 15) is 4.21 Å². The molecule has 3 unspecified atom stereocenters. The number of nitrogens with zero attached hydrogens (tertiary/aromatic N) is 1. The number of hydrogen-bond acceptors (Lipinski definition) is 3. The highest BCUT2D eigenvalue weighted by Gasteiger charge is 2.25. The maximum Gasteiger partial charge on any atom is 0.0244 e. The molecule has 0 aromatic heterocycles. The summed E-state index contributed by atoms with van der Waals surface area (Å²) < 4.78 is 11.1. The molecule has 3 atom stereocenters. The van der Waals surface area contributed by atoms with Crippen LogP contribution in [0.1, 0.15) is 39.5 Å². The van der Waals surface area contributed by atoms with Crippen LogP contribution in [0.25, 0.3) is 0 Å². The first-order valence-corrected chi connectivity index (χ1v) is 8.67. The van der Waals surface area contributed by atoms with Crippen molar-refractivity contribution in [2.45, 2.75) is 51.6 Å². The predicted molar refractivity (Wildman–Crippen MR) is 75.9 cm³/mol. The number of rotatable bonds is 7. The van der Waals surface area contributed by atoms with Gasteiger partial charge in [-0.3, -0.25) is 9.11 Å². The molecular formula is C13H28N2OS. The van der Waals surface area contributed by atoms with E-state index < -0.39 is 10.8 Å². The van der Waals surface area contributed by atoms with Gasteiger partial charge in [-0.25, -0.2) is 0 Å². The van der Waals surface area contributed by atoms with Crippen LogP contribution in [0.2, 0.25) is 0 Å². The third-order valence-corrected chi connectivity index (χ3v) is 4.46. The van der Waals surface area contributed by atoms with Crippen molar-refractivity contribution in [3.05, 3.63) is 0 Å². The molecule has 1 aliphatic heterocycles. The van der Waals surface area contributed by atoms with Gasteiger partial charge in [0.15, 0.2) is 0 Å². The summed E-state index contributed by atoms with van der Waals surface area (Å²) >= 11 is 0. The standard InChI is InChI=1S/C13H28N2OS/c1-4-7-12-11-15(8-6-9-17(3)16)13(5-2)10-14-12/h12-14H,4-11H2,1-3H3. The summed E-state index contributed by atoms with van der Waals surface area (Å²) in [5.74, 6) is 0.846. The predicted octanol–water partition coefficient (Wildman–Crippen LogP) is 1.61. The van der Waals surface area contributed by atoms with Crippen LogP contribution in [0.5, 0.6) is 0 Å². The second kappa shape index (κ2) is 8.22. The fourth-order valence-electron chi connectivity index (χ4n) is 2.62. The molecule has 1 fully saturated rings. The summed E-state index contributed by atoms with van der Waals surface area (Å²) in [6.07, 6.45) is 6.60. The Labute approximate surface area is 109 Å². The number of hydrogen-bond donors (Lipinski definition) is 1. The summed E-state index contributed by atoms with van der Waals surface area (Å²) in [6.45, 7) is 7.91. The molecule has 1 N–H and O–H groups in total. The van der Waals surface area contributed by atoms with Gasteiger partial charge in [0.05, 0.1) is 0 Å². The van der Waals surface area contributed by atoms with Gasteiger partial charge in [-0.1, -0.05) is 20.3 Å². The molecule has 1 saturated heterocycles. The quantitative estimate of drug-likeness (QED) is 0.755. The Kier molecular flexibility index (Phi) is 7.32. The lowest BCUT2D eigenvalue weighted by atomic mass is 10.0. The van der Waals surface area contributed by atoms with Gasteiger partial charge in [0.1, 0.15) is 0 Å². The molecule has 0 amide bonds. The fourth-order valence-corrected chi connectivity index (χ4v) is 3.15. The summed E-state index contributed by atoms with van der Waals surface area (Å²) in [4.78, 5) is 2.60. The molecule has 4 heteroatoms. The third-order valence-electron chi connectivity index (χ3n) is 3.60. The molecule has 1 rings (SSSR count). The van der Waals surface area contributed by atoms with Crippen LogP contribution in [0.4, 0.5) is 0 Å². The lowest BCUT2D eigenvalue weighted by Crippen LogP contribution is -2.56. The minimum Gasteiger partial charge on any atom is -0.311 e. The van der Waals surface area contributed by atoms with Crippen molar-refractivity contribution in [3.8, 4) is 0 Å². The smallest absolute Gasteiger partial charge is 0.0244 e. The molecule has 3 nitrogen and oxygen atoms in total. The average Bonchev–Trinajstić information content (AvgIpc) is 2.29. The van der Waals surface area contributed by atoms with Crippen LogP contribution in [-0.4, -0.2) is 52.8 Å². The lowest BCUT2D eigenvalue weighted by molar-refractivity contribution is 0.123. The highest BCUT2D eigenvalue weighted by Crippen LogP contribution is 2.13. The monoisotopic (exact) mass is 260 g/mol. The molecular weight excluding hydrogens is 232 g/mol. The van der Waals surface area contributed by atoms with Crippen LogP contribution in [-0.2, 0) is 10.8 Å². The van der Waals surface area contributed by atoms with Crippen LogP contribution in [0.3, 0.4) is 0 Å². The SMILES string of the molecule is CCCC1CN(CCCS(C)=O)C(CC)CN1. The van der Waals surface area contributed by atoms with Crippen molar-refractivity contribution < 1.29 is 4.21 Å². The Morgan fingerprint density at radius 2 is 2.18 bits per heavy atom. The van der Waals surface area contributed by atoms with Gasteiger partial charge < -0.3 is 5.32 Å². The molecule has 1 aliphatic rings. The number of piperazine rings is 1. The Morgan fingerprint density at radius 1 is 1.41 bits per heavy atom. The summed E-state index contributed by atoms with van der Waals surface area (Å²) in [7, 11) is -0.638. The zero-order chi connectivity index (χ0) is 12.7. The zero-order valence-corrected chi connectivity index (χ0v) is 12.4. The van der Waals surface area contributed by atoms with Crippen molar-refractivity contribution in [2.75, 3.05) is 31.6 Å². The van der Waals surface area contributed by atoms with Gasteiger partial charge in [0.25, 0.3) is 0 Å². The first kappa shape index (κ1) is 15.1. The van der Waals surface area contributed by atoms with E-state index in [-0.39, 0.29) is 0 Å². The van der Waals surface area contributed by atoms with Gasteiger partial charge in [-0.05, 0) is 25.8 Å². The van der Waals surface area contributed by atoms with Crippen LogP contribution >= 0.6 is 0 Å². The van der Waals surface area contributed by atoms with Gasteiger partial charge in [0, 0.05) is 48.0 Å². The second-order valence-electron chi connectivity index (χ2n) is 5.08. The summed E-state index contributed by atoms with van der Waals surface area (Å²) in [5, 5.41) is 3.65. The van der Waals surface area contributed by atoms with Gasteiger partial charge in [0.2, 0.25) is 0 Å². The minimum atomic E-state index is -0.638. The van der Waals surface area contributed by atoms with Gasteiger partial charge in [-0.2, -0.15) is 0 Å². The highest BCUT2D eigenvalue weighted by atomic mass is 32.2. The molecule has 0 aromatic carbocycles. The normalized spacial score (nSPS) is 28.2. The van der Waals surface area contributed by atoms with Crippen LogP contribution in [0, 0.1) is 0 Å². The van der Waals surface area contributed by atoms with Gasteiger partial charge in [-0.15, -0.1) is 0 Å². The maximum atomic E-state index is 11.1. The van der Waals surface area contributed by atoms with E-state index >= 15 is 0 Å². The molecule has 0 radical (unpaired) electrons. The third kappa shape index (κ3) is 5.49. The molecule has 0 saturated carbocycles. The minimum absolute atomic E-state index is 0.638. The molecule has 17 heavy (non-hydrogen) atoms. The Balaban J connectivity index is 2.37. The maximum absolute atomic E-state index is 11.1. The first-order chi connectivity index (χ1) is 8.17. The van der Waals surface area contributed by atoms with Crippen molar-refractivity contribution >= 4 is 10.8 Å². The van der Waals surface area contributed by atoms with E-state index in [1.807, 2.05) is 0 Å².